The highest BCUT2D eigenvalue weighted by molar-refractivity contribution is 5.93. The molecular weight excluding hydrogens is 380 g/mol. The van der Waals surface area contributed by atoms with Crippen LogP contribution in [0.5, 0.6) is 5.75 Å². The van der Waals surface area contributed by atoms with Gasteiger partial charge < -0.3 is 20.4 Å². The Balaban J connectivity index is 1.35. The Hall–Kier alpha value is -2.86. The summed E-state index contributed by atoms with van der Waals surface area (Å²) in [5.74, 6) is 0.0166. The summed E-state index contributed by atoms with van der Waals surface area (Å²) in [5, 5.41) is 22.6. The molecular formula is C24H30N2O4. The van der Waals surface area contributed by atoms with Crippen LogP contribution in [0.15, 0.2) is 54.6 Å². The van der Waals surface area contributed by atoms with Crippen molar-refractivity contribution in [2.45, 2.75) is 44.6 Å². The lowest BCUT2D eigenvalue weighted by Gasteiger charge is -2.34. The van der Waals surface area contributed by atoms with Crippen LogP contribution >= 0.6 is 0 Å². The van der Waals surface area contributed by atoms with E-state index in [4.69, 9.17) is 0 Å². The molecule has 0 spiro atoms. The van der Waals surface area contributed by atoms with Crippen molar-refractivity contribution in [1.29, 1.82) is 0 Å². The van der Waals surface area contributed by atoms with E-state index in [2.05, 4.69) is 17.4 Å². The molecule has 0 radical (unpaired) electrons. The molecule has 30 heavy (non-hydrogen) atoms. The molecule has 1 heterocycles. The number of nitrogens with one attached hydrogen (secondary N) is 1. The standard InChI is InChI=1S/C24H30N2O4/c27-21-8-4-7-20(17-21)25-23(29)11-12-24(30)26-15-13-19(14-16-26)22(28)10-9-18-5-2-1-3-6-18/h1-8,17,19,22,27-28H,9-16H2,(H,25,29). The lowest BCUT2D eigenvalue weighted by Crippen LogP contribution is -2.41. The third-order valence-electron chi connectivity index (χ3n) is 5.70. The molecule has 1 unspecified atom stereocenters. The van der Waals surface area contributed by atoms with Crippen LogP contribution in [0.1, 0.15) is 37.7 Å². The number of aliphatic hydroxyl groups excluding tert-OH is 1. The van der Waals surface area contributed by atoms with Crippen LogP contribution in [-0.4, -0.2) is 46.1 Å². The summed E-state index contributed by atoms with van der Waals surface area (Å²) in [6.07, 6.45) is 3.08. The van der Waals surface area contributed by atoms with Crippen molar-refractivity contribution in [1.82, 2.24) is 4.90 Å². The second-order valence-electron chi connectivity index (χ2n) is 7.91. The van der Waals surface area contributed by atoms with E-state index in [0.717, 1.165) is 25.7 Å². The topological polar surface area (TPSA) is 89.9 Å². The van der Waals surface area contributed by atoms with Crippen LogP contribution in [0.3, 0.4) is 0 Å². The predicted molar refractivity (Wildman–Crippen MR) is 116 cm³/mol. The monoisotopic (exact) mass is 410 g/mol. The summed E-state index contributed by atoms with van der Waals surface area (Å²) >= 11 is 0. The number of aromatic hydroxyl groups is 1. The Morgan fingerprint density at radius 2 is 1.77 bits per heavy atom. The van der Waals surface area contributed by atoms with Gasteiger partial charge in [0.2, 0.25) is 11.8 Å². The number of aliphatic hydroxyl groups is 1. The molecule has 160 valence electrons. The molecule has 2 amide bonds. The number of hydrogen-bond acceptors (Lipinski definition) is 4. The van der Waals surface area contributed by atoms with E-state index >= 15 is 0 Å². The van der Waals surface area contributed by atoms with Crippen LogP contribution in [-0.2, 0) is 16.0 Å². The summed E-state index contributed by atoms with van der Waals surface area (Å²) in [6.45, 7) is 1.25. The fraction of sp³-hybridized carbons (Fsp3) is 0.417. The second-order valence-corrected chi connectivity index (χ2v) is 7.91. The third kappa shape index (κ3) is 6.59. The van der Waals surface area contributed by atoms with E-state index in [1.54, 1.807) is 17.0 Å². The van der Waals surface area contributed by atoms with Gasteiger partial charge in [0.15, 0.2) is 0 Å². The Morgan fingerprint density at radius 3 is 2.47 bits per heavy atom. The van der Waals surface area contributed by atoms with E-state index in [1.807, 2.05) is 18.2 Å². The van der Waals surface area contributed by atoms with Gasteiger partial charge in [0.05, 0.1) is 6.10 Å². The van der Waals surface area contributed by atoms with Crippen LogP contribution in [0, 0.1) is 5.92 Å². The van der Waals surface area contributed by atoms with Crippen LogP contribution in [0.4, 0.5) is 5.69 Å². The summed E-state index contributed by atoms with van der Waals surface area (Å²) in [7, 11) is 0. The first-order valence-electron chi connectivity index (χ1n) is 10.6. The molecule has 3 rings (SSSR count). The van der Waals surface area contributed by atoms with Gasteiger partial charge in [-0.05, 0) is 49.3 Å². The fourth-order valence-electron chi connectivity index (χ4n) is 3.91. The van der Waals surface area contributed by atoms with E-state index in [-0.39, 0.29) is 42.4 Å². The molecule has 1 atom stereocenters. The van der Waals surface area contributed by atoms with Gasteiger partial charge in [0.1, 0.15) is 5.75 Å². The largest absolute Gasteiger partial charge is 0.508 e. The van der Waals surface area contributed by atoms with E-state index < -0.39 is 0 Å². The molecule has 1 aliphatic heterocycles. The minimum atomic E-state index is -0.351. The highest BCUT2D eigenvalue weighted by atomic mass is 16.3. The molecule has 0 aromatic heterocycles. The average molecular weight is 411 g/mol. The van der Waals surface area contributed by atoms with Gasteiger partial charge in [-0.2, -0.15) is 0 Å². The minimum Gasteiger partial charge on any atom is -0.508 e. The number of anilines is 1. The Kier molecular flexibility index (Phi) is 7.85. The number of likely N-dealkylation sites (tertiary alicyclic amines) is 1. The van der Waals surface area contributed by atoms with Gasteiger partial charge >= 0.3 is 0 Å². The first-order chi connectivity index (χ1) is 14.5. The van der Waals surface area contributed by atoms with Gasteiger partial charge in [-0.25, -0.2) is 0 Å². The van der Waals surface area contributed by atoms with Crippen molar-refractivity contribution >= 4 is 17.5 Å². The predicted octanol–water partition coefficient (Wildman–Crippen LogP) is 3.34. The first-order valence-corrected chi connectivity index (χ1v) is 10.6. The number of piperidine rings is 1. The Labute approximate surface area is 177 Å². The van der Waals surface area contributed by atoms with Crippen LogP contribution < -0.4 is 5.32 Å². The highest BCUT2D eigenvalue weighted by Gasteiger charge is 2.27. The zero-order valence-corrected chi connectivity index (χ0v) is 17.2. The molecule has 1 fully saturated rings. The van der Waals surface area contributed by atoms with Crippen molar-refractivity contribution in [3.05, 3.63) is 60.2 Å². The molecule has 6 nitrogen and oxygen atoms in total. The number of aryl methyl sites for hydroxylation is 1. The minimum absolute atomic E-state index is 0.0294. The molecule has 2 aromatic carbocycles. The number of nitrogens with zero attached hydrogens (tertiary/aromatic N) is 1. The summed E-state index contributed by atoms with van der Waals surface area (Å²) in [6, 6.07) is 16.5. The normalized spacial score (nSPS) is 15.6. The number of hydrogen-bond donors (Lipinski definition) is 3. The summed E-state index contributed by atoms with van der Waals surface area (Å²) in [5.41, 5.74) is 1.74. The van der Waals surface area contributed by atoms with Crippen LogP contribution in [0.2, 0.25) is 0 Å². The quantitative estimate of drug-likeness (QED) is 0.623. The number of phenols is 1. The molecule has 6 heteroatoms. The molecule has 2 aromatic rings. The lowest BCUT2D eigenvalue weighted by molar-refractivity contribution is -0.134. The number of benzene rings is 2. The number of carbonyl (C=O) groups excluding carboxylic acids is 2. The van der Waals surface area contributed by atoms with E-state index in [1.165, 1.54) is 17.7 Å². The maximum absolute atomic E-state index is 12.4. The number of carbonyl (C=O) groups is 2. The van der Waals surface area contributed by atoms with Crippen molar-refractivity contribution in [2.24, 2.45) is 5.92 Å². The molecule has 1 saturated heterocycles. The Bertz CT molecular complexity index is 832. The highest BCUT2D eigenvalue weighted by Crippen LogP contribution is 2.24. The van der Waals surface area contributed by atoms with Crippen molar-refractivity contribution in [3.8, 4) is 5.75 Å². The molecule has 3 N–H and O–H groups in total. The molecule has 0 bridgehead atoms. The molecule has 0 saturated carbocycles. The lowest BCUT2D eigenvalue weighted by atomic mass is 9.88. The maximum Gasteiger partial charge on any atom is 0.224 e. The molecule has 0 aliphatic carbocycles. The SMILES string of the molecule is O=C(CCC(=O)N1CCC(C(O)CCc2ccccc2)CC1)Nc1cccc(O)c1. The maximum atomic E-state index is 12.4. The van der Waals surface area contributed by atoms with Gasteiger partial charge in [0, 0.05) is 37.7 Å². The zero-order chi connectivity index (χ0) is 21.3. The smallest absolute Gasteiger partial charge is 0.224 e. The summed E-state index contributed by atoms with van der Waals surface area (Å²) < 4.78 is 0. The fourth-order valence-corrected chi connectivity index (χ4v) is 3.91. The van der Waals surface area contributed by atoms with Crippen molar-refractivity contribution < 1.29 is 19.8 Å². The first kappa shape index (κ1) is 21.8. The third-order valence-corrected chi connectivity index (χ3v) is 5.70. The van der Waals surface area contributed by atoms with Crippen LogP contribution in [0.25, 0.3) is 0 Å². The Morgan fingerprint density at radius 1 is 1.03 bits per heavy atom. The van der Waals surface area contributed by atoms with E-state index in [9.17, 15) is 19.8 Å². The van der Waals surface area contributed by atoms with Gasteiger partial charge in [-0.1, -0.05) is 36.4 Å². The number of amides is 2. The second kappa shape index (κ2) is 10.8. The zero-order valence-electron chi connectivity index (χ0n) is 17.2. The van der Waals surface area contributed by atoms with Gasteiger partial charge in [0.25, 0.3) is 0 Å². The van der Waals surface area contributed by atoms with E-state index in [0.29, 0.717) is 18.8 Å². The average Bonchev–Trinajstić information content (AvgIpc) is 2.76. The number of rotatable bonds is 8. The summed E-state index contributed by atoms with van der Waals surface area (Å²) in [4.78, 5) is 26.3. The van der Waals surface area contributed by atoms with Crippen molar-refractivity contribution in [2.75, 3.05) is 18.4 Å². The molecule has 1 aliphatic rings. The van der Waals surface area contributed by atoms with Crippen molar-refractivity contribution in [3.63, 3.8) is 0 Å². The van der Waals surface area contributed by atoms with Gasteiger partial charge in [-0.15, -0.1) is 0 Å². The number of phenolic OH excluding ortho intramolecular Hbond substituents is 1. The van der Waals surface area contributed by atoms with Gasteiger partial charge in [-0.3, -0.25) is 9.59 Å².